The van der Waals surface area contributed by atoms with E-state index in [4.69, 9.17) is 11.6 Å². The van der Waals surface area contributed by atoms with Crippen molar-refractivity contribution in [3.05, 3.63) is 64.7 Å². The minimum atomic E-state index is 0.0179. The Labute approximate surface area is 183 Å². The predicted octanol–water partition coefficient (Wildman–Crippen LogP) is 3.85. The van der Waals surface area contributed by atoms with Gasteiger partial charge in [0, 0.05) is 61.5 Å². The molecule has 0 atom stereocenters. The second-order valence-electron chi connectivity index (χ2n) is 8.18. The average molecular weight is 426 g/mol. The molecule has 2 amide bonds. The van der Waals surface area contributed by atoms with Crippen LogP contribution >= 0.6 is 11.6 Å². The fraction of sp³-hybridized carbons (Fsp3) is 0.417. The molecule has 30 heavy (non-hydrogen) atoms. The van der Waals surface area contributed by atoms with Crippen LogP contribution in [0.2, 0.25) is 5.02 Å². The number of benzene rings is 2. The third kappa shape index (κ3) is 4.46. The number of nitrogens with zero attached hydrogens (tertiary/aromatic N) is 3. The summed E-state index contributed by atoms with van der Waals surface area (Å²) in [4.78, 5) is 31.8. The van der Waals surface area contributed by atoms with Gasteiger partial charge in [0.2, 0.25) is 5.91 Å². The molecule has 0 saturated carbocycles. The molecule has 2 aromatic rings. The van der Waals surface area contributed by atoms with E-state index in [1.54, 1.807) is 0 Å². The predicted molar refractivity (Wildman–Crippen MR) is 120 cm³/mol. The highest BCUT2D eigenvalue weighted by Crippen LogP contribution is 2.27. The number of aryl methyl sites for hydroxylation is 1. The van der Waals surface area contributed by atoms with E-state index in [0.717, 1.165) is 55.3 Å². The first-order valence-electron chi connectivity index (χ1n) is 10.7. The lowest BCUT2D eigenvalue weighted by atomic mass is 9.94. The van der Waals surface area contributed by atoms with Crippen molar-refractivity contribution in [3.8, 4) is 0 Å². The SMILES string of the molecule is Cc1ccc(Cl)cc1N1CCN(C(=O)C2CCN(C(=O)c3ccccc3)CC2)CC1. The van der Waals surface area contributed by atoms with Crippen LogP contribution in [0.5, 0.6) is 0 Å². The summed E-state index contributed by atoms with van der Waals surface area (Å²) >= 11 is 6.17. The maximum Gasteiger partial charge on any atom is 0.253 e. The largest absolute Gasteiger partial charge is 0.368 e. The quantitative estimate of drug-likeness (QED) is 0.750. The van der Waals surface area contributed by atoms with Gasteiger partial charge in [0.1, 0.15) is 0 Å². The van der Waals surface area contributed by atoms with Crippen LogP contribution in [0.25, 0.3) is 0 Å². The van der Waals surface area contributed by atoms with E-state index in [2.05, 4.69) is 11.8 Å². The van der Waals surface area contributed by atoms with Crippen molar-refractivity contribution < 1.29 is 9.59 Å². The molecule has 0 spiro atoms. The summed E-state index contributed by atoms with van der Waals surface area (Å²) in [5, 5.41) is 0.742. The number of halogens is 1. The number of piperazine rings is 1. The van der Waals surface area contributed by atoms with Crippen LogP contribution in [0.15, 0.2) is 48.5 Å². The Kier molecular flexibility index (Phi) is 6.28. The van der Waals surface area contributed by atoms with Crippen molar-refractivity contribution in [1.82, 2.24) is 9.80 Å². The molecular formula is C24H28ClN3O2. The summed E-state index contributed by atoms with van der Waals surface area (Å²) in [5.41, 5.74) is 3.08. The van der Waals surface area contributed by atoms with E-state index in [0.29, 0.717) is 13.1 Å². The molecule has 6 heteroatoms. The van der Waals surface area contributed by atoms with Gasteiger partial charge in [0.25, 0.3) is 5.91 Å². The number of hydrogen-bond acceptors (Lipinski definition) is 3. The topological polar surface area (TPSA) is 43.9 Å². The van der Waals surface area contributed by atoms with E-state index in [9.17, 15) is 9.59 Å². The van der Waals surface area contributed by atoms with Gasteiger partial charge in [-0.1, -0.05) is 35.9 Å². The van der Waals surface area contributed by atoms with Gasteiger partial charge in [-0.15, -0.1) is 0 Å². The molecule has 2 aliphatic heterocycles. The van der Waals surface area contributed by atoms with Gasteiger partial charge >= 0.3 is 0 Å². The lowest BCUT2D eigenvalue weighted by molar-refractivity contribution is -0.137. The van der Waals surface area contributed by atoms with Crippen molar-refractivity contribution in [1.29, 1.82) is 0 Å². The number of rotatable bonds is 3. The number of carbonyl (C=O) groups excluding carboxylic acids is 2. The Morgan fingerprint density at radius 1 is 0.867 bits per heavy atom. The first kappa shape index (κ1) is 20.7. The molecule has 0 aromatic heterocycles. The minimum Gasteiger partial charge on any atom is -0.368 e. The van der Waals surface area contributed by atoms with Gasteiger partial charge < -0.3 is 14.7 Å². The van der Waals surface area contributed by atoms with Gasteiger partial charge in [0.05, 0.1) is 0 Å². The molecular weight excluding hydrogens is 398 g/mol. The second-order valence-corrected chi connectivity index (χ2v) is 8.61. The summed E-state index contributed by atoms with van der Waals surface area (Å²) in [6.07, 6.45) is 1.48. The molecule has 0 aliphatic carbocycles. The Morgan fingerprint density at radius 2 is 1.53 bits per heavy atom. The highest BCUT2D eigenvalue weighted by atomic mass is 35.5. The zero-order valence-corrected chi connectivity index (χ0v) is 18.1. The van der Waals surface area contributed by atoms with Crippen molar-refractivity contribution in [3.63, 3.8) is 0 Å². The Morgan fingerprint density at radius 3 is 2.20 bits per heavy atom. The van der Waals surface area contributed by atoms with Crippen molar-refractivity contribution >= 4 is 29.1 Å². The number of amides is 2. The van der Waals surface area contributed by atoms with E-state index in [-0.39, 0.29) is 17.7 Å². The highest BCUT2D eigenvalue weighted by molar-refractivity contribution is 6.30. The molecule has 2 aromatic carbocycles. The lowest BCUT2D eigenvalue weighted by Crippen LogP contribution is -2.52. The normalized spacial score (nSPS) is 17.9. The minimum absolute atomic E-state index is 0.0179. The van der Waals surface area contributed by atoms with Gasteiger partial charge in [-0.2, -0.15) is 0 Å². The third-order valence-electron chi connectivity index (χ3n) is 6.26. The fourth-order valence-corrected chi connectivity index (χ4v) is 4.61. The molecule has 0 N–H and O–H groups in total. The molecule has 2 saturated heterocycles. The van der Waals surface area contributed by atoms with Crippen LogP contribution in [0.1, 0.15) is 28.8 Å². The second kappa shape index (κ2) is 9.09. The van der Waals surface area contributed by atoms with E-state index < -0.39 is 0 Å². The average Bonchev–Trinajstić information content (AvgIpc) is 2.80. The molecule has 4 rings (SSSR count). The Bertz CT molecular complexity index is 902. The smallest absolute Gasteiger partial charge is 0.253 e. The van der Waals surface area contributed by atoms with Crippen LogP contribution in [0, 0.1) is 12.8 Å². The van der Waals surface area contributed by atoms with Gasteiger partial charge in [-0.25, -0.2) is 0 Å². The van der Waals surface area contributed by atoms with Crippen LogP contribution in [0.4, 0.5) is 5.69 Å². The first-order chi connectivity index (χ1) is 14.5. The summed E-state index contributed by atoms with van der Waals surface area (Å²) in [5.74, 6) is 0.320. The summed E-state index contributed by atoms with van der Waals surface area (Å²) < 4.78 is 0. The number of anilines is 1. The van der Waals surface area contributed by atoms with Crippen molar-refractivity contribution in [2.75, 3.05) is 44.2 Å². The van der Waals surface area contributed by atoms with Crippen LogP contribution < -0.4 is 4.90 Å². The van der Waals surface area contributed by atoms with Crippen molar-refractivity contribution in [2.24, 2.45) is 5.92 Å². The molecule has 5 nitrogen and oxygen atoms in total. The summed E-state index contributed by atoms with van der Waals surface area (Å²) in [6.45, 7) is 6.48. The van der Waals surface area contributed by atoms with Crippen LogP contribution in [-0.2, 0) is 4.79 Å². The standard InChI is InChI=1S/C24H28ClN3O2/c1-18-7-8-21(25)17-22(18)26-13-15-28(16-14-26)24(30)20-9-11-27(12-10-20)23(29)19-5-3-2-4-6-19/h2-8,17,20H,9-16H2,1H3. The molecule has 158 valence electrons. The van der Waals surface area contributed by atoms with Gasteiger partial charge in [-0.05, 0) is 49.6 Å². The molecule has 2 aliphatic rings. The monoisotopic (exact) mass is 425 g/mol. The first-order valence-corrected chi connectivity index (χ1v) is 11.0. The van der Waals surface area contributed by atoms with E-state index in [1.807, 2.05) is 58.3 Å². The number of hydrogen-bond donors (Lipinski definition) is 0. The zero-order valence-electron chi connectivity index (χ0n) is 17.4. The highest BCUT2D eigenvalue weighted by Gasteiger charge is 2.32. The van der Waals surface area contributed by atoms with E-state index >= 15 is 0 Å². The lowest BCUT2D eigenvalue weighted by Gasteiger charge is -2.39. The summed E-state index contributed by atoms with van der Waals surface area (Å²) in [7, 11) is 0. The van der Waals surface area contributed by atoms with Crippen LogP contribution in [-0.4, -0.2) is 60.9 Å². The van der Waals surface area contributed by atoms with E-state index in [1.165, 1.54) is 5.56 Å². The molecule has 0 radical (unpaired) electrons. The van der Waals surface area contributed by atoms with Gasteiger partial charge in [0.15, 0.2) is 0 Å². The number of piperidine rings is 1. The number of likely N-dealkylation sites (tertiary alicyclic amines) is 1. The maximum absolute atomic E-state index is 13.0. The molecule has 0 bridgehead atoms. The number of carbonyl (C=O) groups is 2. The molecule has 0 unspecified atom stereocenters. The zero-order chi connectivity index (χ0) is 21.1. The molecule has 2 heterocycles. The van der Waals surface area contributed by atoms with Gasteiger partial charge in [-0.3, -0.25) is 9.59 Å². The Hall–Kier alpha value is -2.53. The maximum atomic E-state index is 13.0. The molecule has 2 fully saturated rings. The van der Waals surface area contributed by atoms with Crippen LogP contribution in [0.3, 0.4) is 0 Å². The third-order valence-corrected chi connectivity index (χ3v) is 6.49. The summed E-state index contributed by atoms with van der Waals surface area (Å²) in [6, 6.07) is 15.3. The fourth-order valence-electron chi connectivity index (χ4n) is 4.44. The van der Waals surface area contributed by atoms with Crippen molar-refractivity contribution in [2.45, 2.75) is 19.8 Å². The Balaban J connectivity index is 1.29.